The highest BCUT2D eigenvalue weighted by molar-refractivity contribution is 5.77. The maximum atomic E-state index is 11.6. The zero-order chi connectivity index (χ0) is 12.9. The van der Waals surface area contributed by atoms with Crippen molar-refractivity contribution in [3.8, 4) is 12.3 Å². The number of esters is 1. The highest BCUT2D eigenvalue weighted by Crippen LogP contribution is 2.32. The molecule has 0 bridgehead atoms. The van der Waals surface area contributed by atoms with Crippen LogP contribution < -0.4 is 0 Å². The van der Waals surface area contributed by atoms with Crippen molar-refractivity contribution < 1.29 is 14.3 Å². The van der Waals surface area contributed by atoms with Crippen molar-refractivity contribution in [2.24, 2.45) is 5.41 Å². The number of cyclic esters (lactones) is 1. The zero-order valence-electron chi connectivity index (χ0n) is 11.0. The standard InChI is InChI=1S/C14H22O3/c1-5-7-8-9-11(6-2)17-12-13(15)16-10-14(12,3)4/h2,11-12H,5,7-10H2,1,3-4H3/t11?,12-/m0/s1. The molecular formula is C14H22O3. The molecule has 0 aliphatic carbocycles. The lowest BCUT2D eigenvalue weighted by molar-refractivity contribution is -0.150. The molecule has 3 nitrogen and oxygen atoms in total. The third kappa shape index (κ3) is 3.74. The number of unbranched alkanes of at least 4 members (excludes halogenated alkanes) is 2. The third-order valence-corrected chi connectivity index (χ3v) is 3.07. The SMILES string of the molecule is C#CC(CCCCC)O[C@H]1C(=O)OCC1(C)C. The Kier molecular flexibility index (Phi) is 5.02. The summed E-state index contributed by atoms with van der Waals surface area (Å²) in [6, 6.07) is 0. The molecule has 96 valence electrons. The maximum Gasteiger partial charge on any atom is 0.336 e. The summed E-state index contributed by atoms with van der Waals surface area (Å²) in [5.74, 6) is 2.33. The number of rotatable bonds is 6. The van der Waals surface area contributed by atoms with Crippen LogP contribution in [0, 0.1) is 17.8 Å². The summed E-state index contributed by atoms with van der Waals surface area (Å²) in [5, 5.41) is 0. The van der Waals surface area contributed by atoms with Crippen molar-refractivity contribution >= 4 is 5.97 Å². The number of terminal acetylenes is 1. The fourth-order valence-electron chi connectivity index (χ4n) is 1.90. The first-order valence-electron chi connectivity index (χ1n) is 6.29. The Morgan fingerprint density at radius 2 is 2.29 bits per heavy atom. The fraction of sp³-hybridized carbons (Fsp3) is 0.786. The molecule has 0 amide bonds. The molecule has 0 spiro atoms. The molecule has 1 aliphatic rings. The summed E-state index contributed by atoms with van der Waals surface area (Å²) in [6.45, 7) is 6.47. The summed E-state index contributed by atoms with van der Waals surface area (Å²) in [4.78, 5) is 11.6. The van der Waals surface area contributed by atoms with Crippen LogP contribution in [0.4, 0.5) is 0 Å². The van der Waals surface area contributed by atoms with E-state index in [0.717, 1.165) is 25.7 Å². The van der Waals surface area contributed by atoms with E-state index in [1.165, 1.54) is 0 Å². The topological polar surface area (TPSA) is 35.5 Å². The first-order chi connectivity index (χ1) is 8.01. The molecule has 0 aromatic rings. The van der Waals surface area contributed by atoms with Gasteiger partial charge in [-0.05, 0) is 12.8 Å². The molecule has 1 rings (SSSR count). The summed E-state index contributed by atoms with van der Waals surface area (Å²) < 4.78 is 10.7. The largest absolute Gasteiger partial charge is 0.463 e. The Morgan fingerprint density at radius 3 is 2.76 bits per heavy atom. The molecule has 1 fully saturated rings. The van der Waals surface area contributed by atoms with Crippen molar-refractivity contribution in [3.05, 3.63) is 0 Å². The number of hydrogen-bond acceptors (Lipinski definition) is 3. The second-order valence-corrected chi connectivity index (χ2v) is 5.26. The molecule has 1 unspecified atom stereocenters. The van der Waals surface area contributed by atoms with Gasteiger partial charge < -0.3 is 9.47 Å². The molecule has 1 aliphatic heterocycles. The maximum absolute atomic E-state index is 11.6. The Morgan fingerprint density at radius 1 is 1.59 bits per heavy atom. The quantitative estimate of drug-likeness (QED) is 0.405. The van der Waals surface area contributed by atoms with Crippen molar-refractivity contribution in [2.45, 2.75) is 58.7 Å². The van der Waals surface area contributed by atoms with E-state index in [-0.39, 0.29) is 17.5 Å². The number of carbonyl (C=O) groups is 1. The number of carbonyl (C=O) groups excluding carboxylic acids is 1. The van der Waals surface area contributed by atoms with E-state index in [9.17, 15) is 4.79 Å². The van der Waals surface area contributed by atoms with Crippen LogP contribution in [-0.4, -0.2) is 24.8 Å². The van der Waals surface area contributed by atoms with Gasteiger partial charge in [-0.1, -0.05) is 39.5 Å². The Balaban J connectivity index is 2.50. The smallest absolute Gasteiger partial charge is 0.336 e. The average molecular weight is 238 g/mol. The molecule has 1 heterocycles. The van der Waals surface area contributed by atoms with Gasteiger partial charge in [0.15, 0.2) is 6.10 Å². The summed E-state index contributed by atoms with van der Waals surface area (Å²) in [7, 11) is 0. The molecule has 17 heavy (non-hydrogen) atoms. The van der Waals surface area contributed by atoms with E-state index in [2.05, 4.69) is 12.8 Å². The second-order valence-electron chi connectivity index (χ2n) is 5.26. The van der Waals surface area contributed by atoms with Crippen LogP contribution in [0.2, 0.25) is 0 Å². The van der Waals surface area contributed by atoms with Gasteiger partial charge in [0.05, 0.1) is 6.61 Å². The Hall–Kier alpha value is -1.01. The minimum atomic E-state index is -0.523. The van der Waals surface area contributed by atoms with Gasteiger partial charge in [0.2, 0.25) is 0 Å². The lowest BCUT2D eigenvalue weighted by atomic mass is 9.89. The van der Waals surface area contributed by atoms with E-state index in [1.807, 2.05) is 13.8 Å². The van der Waals surface area contributed by atoms with E-state index in [1.54, 1.807) is 0 Å². The van der Waals surface area contributed by atoms with E-state index >= 15 is 0 Å². The Labute approximate surface area is 104 Å². The average Bonchev–Trinajstić information content (AvgIpc) is 2.54. The highest BCUT2D eigenvalue weighted by atomic mass is 16.6. The van der Waals surface area contributed by atoms with Gasteiger partial charge in [0.1, 0.15) is 6.10 Å². The van der Waals surface area contributed by atoms with Gasteiger partial charge in [-0.2, -0.15) is 0 Å². The van der Waals surface area contributed by atoms with Crippen molar-refractivity contribution in [2.75, 3.05) is 6.61 Å². The predicted molar refractivity (Wildman–Crippen MR) is 66.4 cm³/mol. The summed E-state index contributed by atoms with van der Waals surface area (Å²) in [5.41, 5.74) is -0.281. The molecule has 0 saturated carbocycles. The molecule has 1 saturated heterocycles. The van der Waals surface area contributed by atoms with Crippen molar-refractivity contribution in [3.63, 3.8) is 0 Å². The van der Waals surface area contributed by atoms with Gasteiger partial charge in [0, 0.05) is 5.41 Å². The van der Waals surface area contributed by atoms with E-state index < -0.39 is 6.10 Å². The number of hydrogen-bond donors (Lipinski definition) is 0. The second kappa shape index (κ2) is 6.07. The summed E-state index contributed by atoms with van der Waals surface area (Å²) in [6.07, 6.45) is 8.77. The molecule has 3 heteroatoms. The van der Waals surface area contributed by atoms with Crippen LogP contribution in [0.5, 0.6) is 0 Å². The van der Waals surface area contributed by atoms with Gasteiger partial charge in [-0.3, -0.25) is 0 Å². The predicted octanol–water partition coefficient (Wildman–Crippen LogP) is 2.54. The minimum absolute atomic E-state index is 0.281. The van der Waals surface area contributed by atoms with Gasteiger partial charge >= 0.3 is 5.97 Å². The first kappa shape index (κ1) is 14.1. The van der Waals surface area contributed by atoms with Crippen LogP contribution in [0.1, 0.15) is 46.5 Å². The van der Waals surface area contributed by atoms with Crippen LogP contribution >= 0.6 is 0 Å². The molecule has 0 radical (unpaired) electrons. The molecule has 0 aromatic heterocycles. The van der Waals surface area contributed by atoms with Gasteiger partial charge in [-0.15, -0.1) is 6.42 Å². The molecule has 0 aromatic carbocycles. The van der Waals surface area contributed by atoms with Crippen LogP contribution in [-0.2, 0) is 14.3 Å². The first-order valence-corrected chi connectivity index (χ1v) is 6.29. The fourth-order valence-corrected chi connectivity index (χ4v) is 1.90. The number of ether oxygens (including phenoxy) is 2. The normalized spacial score (nSPS) is 24.1. The lowest BCUT2D eigenvalue weighted by Gasteiger charge is -2.24. The van der Waals surface area contributed by atoms with Crippen molar-refractivity contribution in [1.29, 1.82) is 0 Å². The van der Waals surface area contributed by atoms with Crippen LogP contribution in [0.25, 0.3) is 0 Å². The third-order valence-electron chi connectivity index (χ3n) is 3.07. The van der Waals surface area contributed by atoms with Gasteiger partial charge in [-0.25, -0.2) is 4.79 Å². The van der Waals surface area contributed by atoms with Crippen LogP contribution in [0.3, 0.4) is 0 Å². The van der Waals surface area contributed by atoms with E-state index in [0.29, 0.717) is 6.61 Å². The molecule has 2 atom stereocenters. The van der Waals surface area contributed by atoms with Crippen LogP contribution in [0.15, 0.2) is 0 Å². The highest BCUT2D eigenvalue weighted by Gasteiger charge is 2.45. The lowest BCUT2D eigenvalue weighted by Crippen LogP contribution is -2.36. The molecular weight excluding hydrogens is 216 g/mol. The molecule has 0 N–H and O–H groups in total. The monoisotopic (exact) mass is 238 g/mol. The van der Waals surface area contributed by atoms with Crippen molar-refractivity contribution in [1.82, 2.24) is 0 Å². The zero-order valence-corrected chi connectivity index (χ0v) is 11.0. The Bertz CT molecular complexity index is 301. The summed E-state index contributed by atoms with van der Waals surface area (Å²) >= 11 is 0. The van der Waals surface area contributed by atoms with Gasteiger partial charge in [0.25, 0.3) is 0 Å². The minimum Gasteiger partial charge on any atom is -0.463 e. The van der Waals surface area contributed by atoms with E-state index in [4.69, 9.17) is 15.9 Å².